The van der Waals surface area contributed by atoms with Crippen molar-refractivity contribution in [3.05, 3.63) is 23.3 Å². The van der Waals surface area contributed by atoms with E-state index >= 15 is 0 Å². The molecule has 2 N–H and O–H groups in total. The predicted octanol–water partition coefficient (Wildman–Crippen LogP) is 1.62. The summed E-state index contributed by atoms with van der Waals surface area (Å²) in [6.07, 6.45) is -0.166. The van der Waals surface area contributed by atoms with E-state index in [2.05, 4.69) is 12.6 Å². The number of carbonyl (C=O) groups is 1. The summed E-state index contributed by atoms with van der Waals surface area (Å²) in [4.78, 5) is 11.0. The first-order chi connectivity index (χ1) is 6.02. The Morgan fingerprint density at radius 1 is 1.54 bits per heavy atom. The minimum absolute atomic E-state index is 0.0231. The average molecular weight is 198 g/mol. The fourth-order valence-corrected chi connectivity index (χ4v) is 1.23. The van der Waals surface area contributed by atoms with Crippen LogP contribution in [0.15, 0.2) is 17.0 Å². The highest BCUT2D eigenvalue weighted by molar-refractivity contribution is 7.80. The van der Waals surface area contributed by atoms with E-state index in [1.54, 1.807) is 19.1 Å². The minimum Gasteiger partial charge on any atom is -0.507 e. The van der Waals surface area contributed by atoms with Crippen molar-refractivity contribution in [3.63, 3.8) is 0 Å². The first kappa shape index (κ1) is 9.92. The van der Waals surface area contributed by atoms with Gasteiger partial charge in [-0.25, -0.2) is 0 Å². The van der Waals surface area contributed by atoms with Gasteiger partial charge >= 0.3 is 5.97 Å². The molecule has 0 saturated carbocycles. The number of hydrogen-bond acceptors (Lipinski definition) is 3. The topological polar surface area (TPSA) is 57.5 Å². The normalized spacial score (nSPS) is 10.0. The lowest BCUT2D eigenvalue weighted by Crippen LogP contribution is -2.00. The Morgan fingerprint density at radius 3 is 2.69 bits per heavy atom. The smallest absolute Gasteiger partial charge is 0.307 e. The highest BCUT2D eigenvalue weighted by Gasteiger charge is 2.09. The first-order valence-electron chi connectivity index (χ1n) is 3.74. The number of aliphatic carboxylic acids is 1. The second-order valence-electron chi connectivity index (χ2n) is 2.79. The maximum absolute atomic E-state index is 10.4. The molecule has 0 aliphatic carbocycles. The molecule has 0 amide bonds. The van der Waals surface area contributed by atoms with Crippen molar-refractivity contribution >= 4 is 18.6 Å². The van der Waals surface area contributed by atoms with Gasteiger partial charge in [-0.2, -0.15) is 0 Å². The van der Waals surface area contributed by atoms with Crippen LogP contribution in [-0.2, 0) is 11.2 Å². The van der Waals surface area contributed by atoms with Crippen LogP contribution in [0.25, 0.3) is 0 Å². The Morgan fingerprint density at radius 2 is 2.15 bits per heavy atom. The van der Waals surface area contributed by atoms with Crippen LogP contribution in [0.5, 0.6) is 5.75 Å². The SMILES string of the molecule is Cc1c(S)ccc(CC(=O)O)c1O. The summed E-state index contributed by atoms with van der Waals surface area (Å²) in [7, 11) is 0. The molecule has 1 rings (SSSR count). The molecule has 0 fully saturated rings. The number of carboxylic acids is 1. The average Bonchev–Trinajstić information content (AvgIpc) is 2.06. The van der Waals surface area contributed by atoms with Crippen molar-refractivity contribution in [3.8, 4) is 5.75 Å². The van der Waals surface area contributed by atoms with Gasteiger partial charge in [0.25, 0.3) is 0 Å². The Hall–Kier alpha value is -1.16. The van der Waals surface area contributed by atoms with Crippen LogP contribution in [0, 0.1) is 6.92 Å². The Bertz CT molecular complexity index is 347. The fourth-order valence-electron chi connectivity index (χ4n) is 1.05. The molecular weight excluding hydrogens is 188 g/mol. The van der Waals surface area contributed by atoms with Gasteiger partial charge in [0, 0.05) is 16.0 Å². The van der Waals surface area contributed by atoms with E-state index in [9.17, 15) is 9.90 Å². The van der Waals surface area contributed by atoms with Crippen LogP contribution in [0.2, 0.25) is 0 Å². The first-order valence-corrected chi connectivity index (χ1v) is 4.19. The second kappa shape index (κ2) is 3.70. The van der Waals surface area contributed by atoms with Gasteiger partial charge in [0.05, 0.1) is 6.42 Å². The van der Waals surface area contributed by atoms with E-state index < -0.39 is 5.97 Å². The van der Waals surface area contributed by atoms with Crippen LogP contribution in [0.3, 0.4) is 0 Å². The molecule has 70 valence electrons. The third-order valence-corrected chi connectivity index (χ3v) is 2.31. The quantitative estimate of drug-likeness (QED) is 0.633. The Kier molecular flexibility index (Phi) is 2.83. The standard InChI is InChI=1S/C9H10O3S/c1-5-7(13)3-2-6(9(5)12)4-8(10)11/h2-3,12-13H,4H2,1H3,(H,10,11). The molecule has 1 aromatic rings. The number of phenols is 1. The maximum Gasteiger partial charge on any atom is 0.307 e. The molecule has 4 heteroatoms. The number of aromatic hydroxyl groups is 1. The zero-order valence-electron chi connectivity index (χ0n) is 7.11. The summed E-state index contributed by atoms with van der Waals surface area (Å²) >= 11 is 4.10. The van der Waals surface area contributed by atoms with Gasteiger partial charge in [-0.15, -0.1) is 12.6 Å². The van der Waals surface area contributed by atoms with Crippen molar-refractivity contribution in [1.82, 2.24) is 0 Å². The molecule has 0 aliphatic heterocycles. The van der Waals surface area contributed by atoms with E-state index in [0.29, 0.717) is 16.0 Å². The molecule has 13 heavy (non-hydrogen) atoms. The van der Waals surface area contributed by atoms with Crippen molar-refractivity contribution in [1.29, 1.82) is 0 Å². The van der Waals surface area contributed by atoms with Gasteiger partial charge < -0.3 is 10.2 Å². The summed E-state index contributed by atoms with van der Waals surface area (Å²) in [5.74, 6) is -0.934. The molecule has 0 aromatic heterocycles. The van der Waals surface area contributed by atoms with Crippen molar-refractivity contribution < 1.29 is 15.0 Å². The van der Waals surface area contributed by atoms with Crippen molar-refractivity contribution in [2.24, 2.45) is 0 Å². The predicted molar refractivity (Wildman–Crippen MR) is 51.4 cm³/mol. The van der Waals surface area contributed by atoms with Gasteiger partial charge in [-0.05, 0) is 13.0 Å². The fraction of sp³-hybridized carbons (Fsp3) is 0.222. The van der Waals surface area contributed by atoms with Gasteiger partial charge in [0.15, 0.2) is 0 Å². The second-order valence-corrected chi connectivity index (χ2v) is 3.27. The molecule has 0 bridgehead atoms. The summed E-state index contributed by atoms with van der Waals surface area (Å²) in [5.41, 5.74) is 1.03. The lowest BCUT2D eigenvalue weighted by molar-refractivity contribution is -0.136. The number of hydrogen-bond donors (Lipinski definition) is 3. The Balaban J connectivity index is 3.10. The summed E-state index contributed by atoms with van der Waals surface area (Å²) in [6.45, 7) is 1.70. The van der Waals surface area contributed by atoms with E-state index in [4.69, 9.17) is 5.11 Å². The molecule has 0 spiro atoms. The molecule has 1 aromatic carbocycles. The van der Waals surface area contributed by atoms with Crippen LogP contribution in [-0.4, -0.2) is 16.2 Å². The number of thiol groups is 1. The molecule has 0 radical (unpaired) electrons. The summed E-state index contributed by atoms with van der Waals surface area (Å²) in [6, 6.07) is 3.25. The van der Waals surface area contributed by atoms with Crippen LogP contribution < -0.4 is 0 Å². The van der Waals surface area contributed by atoms with Gasteiger partial charge in [-0.1, -0.05) is 6.07 Å². The van der Waals surface area contributed by atoms with Crippen molar-refractivity contribution in [2.75, 3.05) is 0 Å². The number of carboxylic acid groups (broad SMARTS) is 1. The summed E-state index contributed by atoms with van der Waals surface area (Å²) in [5, 5.41) is 18.0. The van der Waals surface area contributed by atoms with E-state index in [1.165, 1.54) is 0 Å². The van der Waals surface area contributed by atoms with E-state index in [-0.39, 0.29) is 12.2 Å². The highest BCUT2D eigenvalue weighted by atomic mass is 32.1. The number of phenolic OH excluding ortho intramolecular Hbond substituents is 1. The lowest BCUT2D eigenvalue weighted by atomic mass is 10.1. The monoisotopic (exact) mass is 198 g/mol. The van der Waals surface area contributed by atoms with Crippen LogP contribution >= 0.6 is 12.6 Å². The number of benzene rings is 1. The molecule has 0 atom stereocenters. The Labute approximate surface area is 81.4 Å². The molecule has 3 nitrogen and oxygen atoms in total. The van der Waals surface area contributed by atoms with E-state index in [1.807, 2.05) is 0 Å². The van der Waals surface area contributed by atoms with E-state index in [0.717, 1.165) is 0 Å². The van der Waals surface area contributed by atoms with Crippen molar-refractivity contribution in [2.45, 2.75) is 18.2 Å². The van der Waals surface area contributed by atoms with Crippen LogP contribution in [0.4, 0.5) is 0 Å². The zero-order chi connectivity index (χ0) is 10.0. The molecule has 0 aliphatic rings. The minimum atomic E-state index is -0.957. The highest BCUT2D eigenvalue weighted by Crippen LogP contribution is 2.27. The number of rotatable bonds is 2. The zero-order valence-corrected chi connectivity index (χ0v) is 8.01. The lowest BCUT2D eigenvalue weighted by Gasteiger charge is -2.06. The maximum atomic E-state index is 10.4. The molecule has 0 saturated heterocycles. The largest absolute Gasteiger partial charge is 0.507 e. The van der Waals surface area contributed by atoms with Gasteiger partial charge in [0.2, 0.25) is 0 Å². The third-order valence-electron chi connectivity index (χ3n) is 1.83. The molecule has 0 unspecified atom stereocenters. The molecular formula is C9H10O3S. The van der Waals surface area contributed by atoms with Crippen LogP contribution in [0.1, 0.15) is 11.1 Å². The van der Waals surface area contributed by atoms with Gasteiger partial charge in [-0.3, -0.25) is 4.79 Å². The third kappa shape index (κ3) is 2.15. The van der Waals surface area contributed by atoms with Gasteiger partial charge in [0.1, 0.15) is 5.75 Å². The molecule has 0 heterocycles. The summed E-state index contributed by atoms with van der Waals surface area (Å²) < 4.78 is 0.